The molecular weight excluding hydrogens is 387 g/mol. The number of rotatable bonds is 5. The number of hydrogen-bond donors (Lipinski definition) is 1. The van der Waals surface area contributed by atoms with Gasteiger partial charge in [-0.15, -0.1) is 11.8 Å². The molecule has 0 unspecified atom stereocenters. The van der Waals surface area contributed by atoms with Gasteiger partial charge in [0.15, 0.2) is 0 Å². The van der Waals surface area contributed by atoms with Crippen LogP contribution in [0.1, 0.15) is 12.0 Å². The zero-order valence-corrected chi connectivity index (χ0v) is 16.8. The van der Waals surface area contributed by atoms with Gasteiger partial charge in [-0.25, -0.2) is 4.39 Å². The number of amides is 1. The van der Waals surface area contributed by atoms with Gasteiger partial charge >= 0.3 is 0 Å². The zero-order chi connectivity index (χ0) is 20.0. The van der Waals surface area contributed by atoms with Crippen molar-refractivity contribution in [2.24, 2.45) is 0 Å². The second-order valence-electron chi connectivity index (χ2n) is 7.49. The Balaban J connectivity index is 1.36. The van der Waals surface area contributed by atoms with Gasteiger partial charge in [-0.1, -0.05) is 12.1 Å². The molecule has 0 aliphatic carbocycles. The first-order valence-electron chi connectivity index (χ1n) is 9.64. The van der Waals surface area contributed by atoms with Gasteiger partial charge in [0.25, 0.3) is 0 Å². The van der Waals surface area contributed by atoms with Crippen LogP contribution in [0.3, 0.4) is 0 Å². The molecule has 0 spiro atoms. The second-order valence-corrected chi connectivity index (χ2v) is 8.34. The van der Waals surface area contributed by atoms with Crippen LogP contribution in [0, 0.1) is 5.82 Å². The number of halogens is 1. The summed E-state index contributed by atoms with van der Waals surface area (Å²) in [5.41, 5.74) is 3.82. The number of carbonyl (C=O) groups is 1. The molecule has 29 heavy (non-hydrogen) atoms. The number of thioether (sulfide) groups is 1. The molecule has 7 heteroatoms. The summed E-state index contributed by atoms with van der Waals surface area (Å²) >= 11 is 1.67. The van der Waals surface area contributed by atoms with Gasteiger partial charge in [0.2, 0.25) is 5.91 Å². The van der Waals surface area contributed by atoms with Gasteiger partial charge in [-0.2, -0.15) is 5.10 Å². The summed E-state index contributed by atoms with van der Waals surface area (Å²) in [6, 6.07) is 14.6. The summed E-state index contributed by atoms with van der Waals surface area (Å²) in [4.78, 5) is 18.5. The molecule has 1 N–H and O–H groups in total. The van der Waals surface area contributed by atoms with Crippen LogP contribution in [-0.4, -0.2) is 45.9 Å². The fourth-order valence-electron chi connectivity index (χ4n) is 4.50. The van der Waals surface area contributed by atoms with Crippen molar-refractivity contribution in [3.05, 3.63) is 66.1 Å². The molecule has 1 aromatic heterocycles. The molecule has 3 aromatic rings. The number of anilines is 1. The van der Waals surface area contributed by atoms with E-state index in [1.54, 1.807) is 30.1 Å². The molecule has 5 rings (SSSR count). The van der Waals surface area contributed by atoms with E-state index in [9.17, 15) is 9.18 Å². The van der Waals surface area contributed by atoms with E-state index < -0.39 is 0 Å². The fraction of sp³-hybridized carbons (Fsp3) is 0.273. The number of nitrogens with zero attached hydrogens (tertiary/aromatic N) is 3. The topological polar surface area (TPSA) is 52.2 Å². The van der Waals surface area contributed by atoms with E-state index in [1.807, 2.05) is 29.4 Å². The summed E-state index contributed by atoms with van der Waals surface area (Å²) in [5.74, 6) is -0.0857. The highest BCUT2D eigenvalue weighted by molar-refractivity contribution is 7.98. The quantitative estimate of drug-likeness (QED) is 0.650. The number of hydrogen-bond acceptors (Lipinski definition) is 4. The minimum absolute atomic E-state index is 0.106. The van der Waals surface area contributed by atoms with E-state index in [-0.39, 0.29) is 23.8 Å². The number of carbonyl (C=O) groups excluding carboxylic acids is 1. The van der Waals surface area contributed by atoms with E-state index in [0.717, 1.165) is 40.4 Å². The lowest BCUT2D eigenvalue weighted by Crippen LogP contribution is -2.50. The Morgan fingerprint density at radius 1 is 1.21 bits per heavy atom. The molecular formula is C22H21FN4OS. The summed E-state index contributed by atoms with van der Waals surface area (Å²) in [6.07, 6.45) is 4.70. The molecule has 2 aliphatic rings. The predicted molar refractivity (Wildman–Crippen MR) is 112 cm³/mol. The van der Waals surface area contributed by atoms with Crippen LogP contribution in [0.5, 0.6) is 0 Å². The molecule has 1 amide bonds. The SMILES string of the molecule is CSc1ccccc1N1C(=O)[C@@H]2C[C@H]1CN2Cc1cn[nH]c1-c1ccc(F)cc1. The molecule has 2 fully saturated rings. The molecule has 2 aromatic carbocycles. The Morgan fingerprint density at radius 2 is 2.00 bits per heavy atom. The number of piperazine rings is 1. The zero-order valence-electron chi connectivity index (χ0n) is 16.0. The van der Waals surface area contributed by atoms with Gasteiger partial charge in [0.05, 0.1) is 29.7 Å². The number of para-hydroxylation sites is 1. The van der Waals surface area contributed by atoms with Crippen LogP contribution in [0.15, 0.2) is 59.6 Å². The maximum atomic E-state index is 13.3. The molecule has 2 saturated heterocycles. The maximum Gasteiger partial charge on any atom is 0.244 e. The Kier molecular flexibility index (Phi) is 4.64. The summed E-state index contributed by atoms with van der Waals surface area (Å²) < 4.78 is 13.3. The third-order valence-electron chi connectivity index (χ3n) is 5.84. The van der Waals surface area contributed by atoms with Crippen LogP contribution in [0.2, 0.25) is 0 Å². The lowest BCUT2D eigenvalue weighted by Gasteiger charge is -2.34. The highest BCUT2D eigenvalue weighted by Crippen LogP contribution is 2.40. The lowest BCUT2D eigenvalue weighted by atomic mass is 10.1. The second kappa shape index (κ2) is 7.31. The van der Waals surface area contributed by atoms with Crippen LogP contribution >= 0.6 is 11.8 Å². The fourth-order valence-corrected chi connectivity index (χ4v) is 5.09. The third kappa shape index (κ3) is 3.14. The first kappa shape index (κ1) is 18.4. The molecule has 2 aliphatic heterocycles. The maximum absolute atomic E-state index is 13.3. The van der Waals surface area contributed by atoms with Crippen LogP contribution in [0.4, 0.5) is 10.1 Å². The van der Waals surface area contributed by atoms with E-state index >= 15 is 0 Å². The number of nitrogens with one attached hydrogen (secondary N) is 1. The van der Waals surface area contributed by atoms with E-state index in [4.69, 9.17) is 0 Å². The van der Waals surface area contributed by atoms with Crippen molar-refractivity contribution in [2.45, 2.75) is 29.9 Å². The average Bonchev–Trinajstić information content (AvgIpc) is 3.44. The summed E-state index contributed by atoms with van der Waals surface area (Å²) in [7, 11) is 0. The van der Waals surface area contributed by atoms with E-state index in [0.29, 0.717) is 6.54 Å². The molecule has 5 nitrogen and oxygen atoms in total. The Labute approximate surface area is 172 Å². The van der Waals surface area contributed by atoms with Crippen molar-refractivity contribution < 1.29 is 9.18 Å². The summed E-state index contributed by atoms with van der Waals surface area (Å²) in [5, 5.41) is 7.21. The first-order valence-corrected chi connectivity index (χ1v) is 10.9. The average molecular weight is 409 g/mol. The smallest absolute Gasteiger partial charge is 0.244 e. The van der Waals surface area contributed by atoms with Crippen LogP contribution < -0.4 is 4.90 Å². The van der Waals surface area contributed by atoms with Crippen molar-refractivity contribution in [1.29, 1.82) is 0 Å². The van der Waals surface area contributed by atoms with E-state index in [2.05, 4.69) is 21.2 Å². The molecule has 148 valence electrons. The largest absolute Gasteiger partial charge is 0.306 e. The van der Waals surface area contributed by atoms with Crippen molar-refractivity contribution >= 4 is 23.4 Å². The Morgan fingerprint density at radius 3 is 2.76 bits per heavy atom. The van der Waals surface area contributed by atoms with Gasteiger partial charge in [0, 0.05) is 29.1 Å². The Hall–Kier alpha value is -2.64. The lowest BCUT2D eigenvalue weighted by molar-refractivity contribution is -0.122. The molecule has 0 radical (unpaired) electrons. The molecule has 3 heterocycles. The highest BCUT2D eigenvalue weighted by Gasteiger charge is 2.50. The minimum Gasteiger partial charge on any atom is -0.306 e. The van der Waals surface area contributed by atoms with Gasteiger partial charge in [0.1, 0.15) is 5.82 Å². The molecule has 2 atom stereocenters. The van der Waals surface area contributed by atoms with Gasteiger partial charge < -0.3 is 4.90 Å². The number of aromatic amines is 1. The minimum atomic E-state index is -0.261. The number of fused-ring (bicyclic) bond motifs is 2. The van der Waals surface area contributed by atoms with Crippen LogP contribution in [0.25, 0.3) is 11.3 Å². The van der Waals surface area contributed by atoms with Crippen molar-refractivity contribution in [3.8, 4) is 11.3 Å². The van der Waals surface area contributed by atoms with Gasteiger partial charge in [-0.05, 0) is 49.1 Å². The third-order valence-corrected chi connectivity index (χ3v) is 6.62. The van der Waals surface area contributed by atoms with E-state index in [1.165, 1.54) is 12.1 Å². The van der Waals surface area contributed by atoms with Crippen LogP contribution in [-0.2, 0) is 11.3 Å². The highest BCUT2D eigenvalue weighted by atomic mass is 32.2. The molecule has 2 bridgehead atoms. The monoisotopic (exact) mass is 408 g/mol. The van der Waals surface area contributed by atoms with Crippen molar-refractivity contribution in [1.82, 2.24) is 15.1 Å². The predicted octanol–water partition coefficient (Wildman–Crippen LogP) is 3.93. The first-order chi connectivity index (χ1) is 14.2. The number of aromatic nitrogens is 2. The standard InChI is InChI=1S/C22H21FN4OS/c1-29-20-5-3-2-4-18(20)27-17-10-19(22(27)28)26(13-17)12-15-11-24-25-21(15)14-6-8-16(23)9-7-14/h2-9,11,17,19H,10,12-13H2,1H3,(H,24,25)/t17-,19-/m0/s1. The normalized spacial score (nSPS) is 21.3. The van der Waals surface area contributed by atoms with Crippen molar-refractivity contribution in [2.75, 3.05) is 17.7 Å². The number of likely N-dealkylation sites (tertiary alicyclic amines) is 1. The number of benzene rings is 2. The number of H-pyrrole nitrogens is 1. The Bertz CT molecular complexity index is 1050. The summed E-state index contributed by atoms with van der Waals surface area (Å²) in [6.45, 7) is 1.49. The van der Waals surface area contributed by atoms with Gasteiger partial charge in [-0.3, -0.25) is 14.8 Å². The molecule has 0 saturated carbocycles. The van der Waals surface area contributed by atoms with Crippen molar-refractivity contribution in [3.63, 3.8) is 0 Å².